The van der Waals surface area contributed by atoms with Crippen LogP contribution in [0.2, 0.25) is 0 Å². The van der Waals surface area contributed by atoms with E-state index in [0.29, 0.717) is 0 Å². The second-order valence-corrected chi connectivity index (χ2v) is 5.33. The summed E-state index contributed by atoms with van der Waals surface area (Å²) >= 11 is 0. The van der Waals surface area contributed by atoms with Gasteiger partial charge in [-0.3, -0.25) is 0 Å². The van der Waals surface area contributed by atoms with Crippen molar-refractivity contribution < 1.29 is 9.59 Å². The third kappa shape index (κ3) is 4.33. The fourth-order valence-electron chi connectivity index (χ4n) is 2.07. The minimum Gasteiger partial charge on any atom is -0.387 e. The molecule has 0 radical (unpaired) electrons. The molecular weight excluding hydrogens is 198 g/mol. The van der Waals surface area contributed by atoms with Crippen LogP contribution in [0.4, 0.5) is 0 Å². The summed E-state index contributed by atoms with van der Waals surface area (Å²) in [5.74, 6) is 0. The Morgan fingerprint density at radius 2 is 2.00 bits per heavy atom. The Morgan fingerprint density at radius 1 is 1.31 bits per heavy atom. The fourth-order valence-corrected chi connectivity index (χ4v) is 2.07. The molecule has 0 saturated heterocycles. The molecule has 1 atom stereocenters. The van der Waals surface area contributed by atoms with Crippen LogP contribution >= 0.6 is 0 Å². The average Bonchev–Trinajstić information content (AvgIpc) is 2.15. The van der Waals surface area contributed by atoms with Gasteiger partial charge in [0.2, 0.25) is 0 Å². The van der Waals surface area contributed by atoms with Crippen molar-refractivity contribution in [2.45, 2.75) is 32.9 Å². The van der Waals surface area contributed by atoms with Gasteiger partial charge in [-0.25, -0.2) is 0 Å². The third-order valence-electron chi connectivity index (χ3n) is 2.87. The van der Waals surface area contributed by atoms with Crippen molar-refractivity contribution in [1.82, 2.24) is 0 Å². The number of aryl methyl sites for hydroxylation is 1. The quantitative estimate of drug-likeness (QED) is 0.758. The van der Waals surface area contributed by atoms with Gasteiger partial charge in [-0.2, -0.15) is 0 Å². The Hall–Kier alpha value is -0.860. The Balaban J connectivity index is 2.65. The molecule has 1 rings (SSSR count). The Bertz CT molecular complexity index is 333. The monoisotopic (exact) mass is 222 g/mol. The Kier molecular flexibility index (Phi) is 4.51. The van der Waals surface area contributed by atoms with Crippen LogP contribution in [0.15, 0.2) is 24.3 Å². The summed E-state index contributed by atoms with van der Waals surface area (Å²) in [6, 6.07) is 8.59. The van der Waals surface area contributed by atoms with Gasteiger partial charge in [0.1, 0.15) is 19.2 Å². The Morgan fingerprint density at radius 3 is 2.56 bits per heavy atom. The number of likely N-dealkylation sites (N-methyl/N-ethyl adjacent to an activating group) is 1. The van der Waals surface area contributed by atoms with Gasteiger partial charge in [-0.05, 0) is 13.3 Å². The summed E-state index contributed by atoms with van der Waals surface area (Å²) in [6.45, 7) is 5.92. The van der Waals surface area contributed by atoms with Gasteiger partial charge < -0.3 is 9.59 Å². The highest BCUT2D eigenvalue weighted by Crippen LogP contribution is 2.12. The summed E-state index contributed by atoms with van der Waals surface area (Å²) in [5, 5.41) is 9.71. The number of hydrogen-bond donors (Lipinski definition) is 1. The van der Waals surface area contributed by atoms with Crippen molar-refractivity contribution in [1.29, 1.82) is 0 Å². The predicted molar refractivity (Wildman–Crippen MR) is 68.2 cm³/mol. The molecule has 0 spiro atoms. The van der Waals surface area contributed by atoms with Crippen LogP contribution in [0.1, 0.15) is 24.5 Å². The van der Waals surface area contributed by atoms with E-state index in [1.54, 1.807) is 0 Å². The van der Waals surface area contributed by atoms with Gasteiger partial charge in [0, 0.05) is 5.56 Å². The molecule has 90 valence electrons. The summed E-state index contributed by atoms with van der Waals surface area (Å²) in [6.07, 6.45) is 0.634. The lowest BCUT2D eigenvalue weighted by Crippen LogP contribution is -2.44. The molecule has 2 heteroatoms. The maximum atomic E-state index is 9.71. The first-order valence-corrected chi connectivity index (χ1v) is 5.98. The molecule has 2 nitrogen and oxygen atoms in total. The van der Waals surface area contributed by atoms with Gasteiger partial charge in [-0.15, -0.1) is 0 Å². The lowest BCUT2D eigenvalue weighted by Gasteiger charge is -2.31. The van der Waals surface area contributed by atoms with Crippen molar-refractivity contribution in [2.24, 2.45) is 0 Å². The zero-order valence-electron chi connectivity index (χ0n) is 10.9. The third-order valence-corrected chi connectivity index (χ3v) is 2.87. The van der Waals surface area contributed by atoms with Gasteiger partial charge in [0.15, 0.2) is 0 Å². The van der Waals surface area contributed by atoms with Crippen LogP contribution in [0.25, 0.3) is 0 Å². The molecule has 0 heterocycles. The highest BCUT2D eigenvalue weighted by molar-refractivity contribution is 5.21. The average molecular weight is 222 g/mol. The van der Waals surface area contributed by atoms with Crippen molar-refractivity contribution in [3.63, 3.8) is 0 Å². The van der Waals surface area contributed by atoms with Gasteiger partial charge in [-0.1, -0.05) is 36.8 Å². The van der Waals surface area contributed by atoms with E-state index in [2.05, 4.69) is 45.3 Å². The lowest BCUT2D eigenvalue weighted by atomic mass is 10.1. The Labute approximate surface area is 99.1 Å². The van der Waals surface area contributed by atoms with E-state index >= 15 is 0 Å². The number of nitrogens with zero attached hydrogens (tertiary/aromatic N) is 1. The van der Waals surface area contributed by atoms with E-state index in [-0.39, 0.29) is 6.10 Å². The smallest absolute Gasteiger partial charge is 0.105 e. The van der Waals surface area contributed by atoms with Crippen molar-refractivity contribution in [3.05, 3.63) is 35.4 Å². The van der Waals surface area contributed by atoms with Crippen LogP contribution in [0.5, 0.6) is 0 Å². The molecule has 0 aliphatic carbocycles. The maximum absolute atomic E-state index is 9.71. The second-order valence-electron chi connectivity index (χ2n) is 5.33. The van der Waals surface area contributed by atoms with E-state index < -0.39 is 0 Å². The maximum Gasteiger partial charge on any atom is 0.105 e. The van der Waals surface area contributed by atoms with Crippen LogP contribution in [0, 0.1) is 6.92 Å². The molecule has 0 bridgehead atoms. The summed E-state index contributed by atoms with van der Waals surface area (Å²) < 4.78 is 0.832. The van der Waals surface area contributed by atoms with Gasteiger partial charge >= 0.3 is 0 Å². The second kappa shape index (κ2) is 5.46. The summed E-state index contributed by atoms with van der Waals surface area (Å²) in [5.41, 5.74) is 2.64. The summed E-state index contributed by atoms with van der Waals surface area (Å²) in [4.78, 5) is 0. The number of benzene rings is 1. The molecule has 0 aliphatic heterocycles. The SMILES string of the molecule is CCC(O)C[N+](C)(C)Cc1cccc(C)c1. The molecular formula is C14H24NO+. The fraction of sp³-hybridized carbons (Fsp3) is 0.571. The molecule has 0 fully saturated rings. The zero-order chi connectivity index (χ0) is 12.2. The first-order valence-electron chi connectivity index (χ1n) is 5.98. The van der Waals surface area contributed by atoms with E-state index in [9.17, 15) is 5.11 Å². The minimum atomic E-state index is -0.195. The first kappa shape index (κ1) is 13.2. The minimum absolute atomic E-state index is 0.195. The molecule has 0 saturated carbocycles. The van der Waals surface area contributed by atoms with Crippen molar-refractivity contribution >= 4 is 0 Å². The highest BCUT2D eigenvalue weighted by Gasteiger charge is 2.19. The van der Waals surface area contributed by atoms with Crippen molar-refractivity contribution in [2.75, 3.05) is 20.6 Å². The molecule has 0 aliphatic rings. The predicted octanol–water partition coefficient (Wildman–Crippen LogP) is 2.34. The van der Waals surface area contributed by atoms with Gasteiger partial charge in [0.05, 0.1) is 14.1 Å². The topological polar surface area (TPSA) is 20.2 Å². The van der Waals surface area contributed by atoms with Gasteiger partial charge in [0.25, 0.3) is 0 Å². The van der Waals surface area contributed by atoms with E-state index in [4.69, 9.17) is 0 Å². The molecule has 16 heavy (non-hydrogen) atoms. The van der Waals surface area contributed by atoms with E-state index in [1.807, 2.05) is 6.92 Å². The van der Waals surface area contributed by atoms with E-state index in [1.165, 1.54) is 11.1 Å². The molecule has 0 aromatic heterocycles. The number of hydrogen-bond acceptors (Lipinski definition) is 1. The molecule has 1 aromatic rings. The lowest BCUT2D eigenvalue weighted by molar-refractivity contribution is -0.906. The standard InChI is InChI=1S/C14H24NO/c1-5-14(16)11-15(3,4)10-13-8-6-7-12(2)9-13/h6-9,14,16H,5,10-11H2,1-4H3/q+1. The molecule has 0 amide bonds. The number of rotatable bonds is 5. The van der Waals surface area contributed by atoms with Crippen LogP contribution in [-0.2, 0) is 6.54 Å². The molecule has 1 unspecified atom stereocenters. The van der Waals surface area contributed by atoms with Crippen molar-refractivity contribution in [3.8, 4) is 0 Å². The number of aliphatic hydroxyl groups is 1. The summed E-state index contributed by atoms with van der Waals surface area (Å²) in [7, 11) is 4.34. The highest BCUT2D eigenvalue weighted by atomic mass is 16.3. The van der Waals surface area contributed by atoms with E-state index in [0.717, 1.165) is 24.0 Å². The number of aliphatic hydroxyl groups excluding tert-OH is 1. The van der Waals surface area contributed by atoms with Crippen LogP contribution < -0.4 is 0 Å². The first-order chi connectivity index (χ1) is 7.43. The molecule has 1 aromatic carbocycles. The normalized spacial score (nSPS) is 13.8. The van der Waals surface area contributed by atoms with Crippen LogP contribution in [-0.4, -0.2) is 36.3 Å². The number of quaternary nitrogens is 1. The largest absolute Gasteiger partial charge is 0.387 e. The zero-order valence-corrected chi connectivity index (χ0v) is 10.9. The van der Waals surface area contributed by atoms with Crippen LogP contribution in [0.3, 0.4) is 0 Å². The molecule has 1 N–H and O–H groups in total.